The van der Waals surface area contributed by atoms with E-state index < -0.39 is 0 Å². The second-order valence-electron chi connectivity index (χ2n) is 7.41. The Morgan fingerprint density at radius 1 is 1.07 bits per heavy atom. The minimum Gasteiger partial charge on any atom is -0.486 e. The molecule has 0 unspecified atom stereocenters. The summed E-state index contributed by atoms with van der Waals surface area (Å²) in [6.45, 7) is 1.92. The topological polar surface area (TPSA) is 63.7 Å². The molecule has 1 atom stereocenters. The van der Waals surface area contributed by atoms with Gasteiger partial charge in [-0.15, -0.1) is 0 Å². The van der Waals surface area contributed by atoms with Crippen molar-refractivity contribution in [1.29, 1.82) is 0 Å². The third kappa shape index (κ3) is 3.31. The lowest BCUT2D eigenvalue weighted by molar-refractivity contribution is 0.0735. The van der Waals surface area contributed by atoms with Crippen LogP contribution >= 0.6 is 0 Å². The summed E-state index contributed by atoms with van der Waals surface area (Å²) < 4.78 is 11.3. The normalized spacial score (nSPS) is 21.2. The third-order valence-electron chi connectivity index (χ3n) is 5.40. The van der Waals surface area contributed by atoms with E-state index in [1.165, 1.54) is 12.8 Å². The number of benzene rings is 1. The number of hydrogen-bond acceptors (Lipinski definition) is 5. The number of fused-ring (bicyclic) bond motifs is 1. The van der Waals surface area contributed by atoms with Crippen molar-refractivity contribution in [2.75, 3.05) is 25.1 Å². The van der Waals surface area contributed by atoms with Crippen molar-refractivity contribution in [2.45, 2.75) is 37.8 Å². The average molecular weight is 365 g/mol. The molecule has 2 aromatic rings. The summed E-state index contributed by atoms with van der Waals surface area (Å²) in [6.07, 6.45) is 6.04. The molecule has 27 heavy (non-hydrogen) atoms. The van der Waals surface area contributed by atoms with Gasteiger partial charge in [0, 0.05) is 24.3 Å². The lowest BCUT2D eigenvalue weighted by atomic mass is 10.0. The van der Waals surface area contributed by atoms with Crippen LogP contribution in [0.15, 0.2) is 36.5 Å². The smallest absolute Gasteiger partial charge is 0.254 e. The van der Waals surface area contributed by atoms with Gasteiger partial charge in [-0.2, -0.15) is 0 Å². The second kappa shape index (κ2) is 6.76. The molecule has 1 N–H and O–H groups in total. The van der Waals surface area contributed by atoms with Gasteiger partial charge in [-0.3, -0.25) is 4.79 Å². The lowest BCUT2D eigenvalue weighted by Gasteiger charge is -2.27. The molecule has 1 saturated carbocycles. The summed E-state index contributed by atoms with van der Waals surface area (Å²) >= 11 is 0. The van der Waals surface area contributed by atoms with Crippen molar-refractivity contribution < 1.29 is 14.3 Å². The number of amides is 1. The Labute approximate surface area is 158 Å². The Balaban J connectivity index is 1.38. The highest BCUT2D eigenvalue weighted by atomic mass is 16.6. The molecule has 0 bridgehead atoms. The second-order valence-corrected chi connectivity index (χ2v) is 7.41. The molecular formula is C21H23N3O3. The van der Waals surface area contributed by atoms with Gasteiger partial charge in [-0.05, 0) is 55.5 Å². The van der Waals surface area contributed by atoms with Crippen LogP contribution in [0.4, 0.5) is 5.82 Å². The highest BCUT2D eigenvalue weighted by molar-refractivity contribution is 5.95. The van der Waals surface area contributed by atoms with Gasteiger partial charge in [0.05, 0.1) is 6.04 Å². The standard InChI is InChI=1S/C21H23N3O3/c25-21(15-7-8-22-20(13-15)23-16-4-5-16)24-9-1-2-17(24)14-3-6-18-19(12-14)27-11-10-26-18/h3,6-8,12-13,16-17H,1-2,4-5,9-11H2,(H,22,23)/t17-/m0/s1. The monoisotopic (exact) mass is 365 g/mol. The zero-order valence-corrected chi connectivity index (χ0v) is 15.2. The quantitative estimate of drug-likeness (QED) is 0.900. The Morgan fingerprint density at radius 3 is 2.78 bits per heavy atom. The van der Waals surface area contributed by atoms with Crippen LogP contribution in [-0.4, -0.2) is 41.6 Å². The molecule has 1 saturated heterocycles. The minimum atomic E-state index is 0.0636. The number of carbonyl (C=O) groups excluding carboxylic acids is 1. The van der Waals surface area contributed by atoms with Crippen LogP contribution in [0.2, 0.25) is 0 Å². The number of carbonyl (C=O) groups is 1. The molecule has 2 aliphatic heterocycles. The first-order valence-electron chi connectivity index (χ1n) is 9.71. The van der Waals surface area contributed by atoms with Crippen LogP contribution in [0.25, 0.3) is 0 Å². The molecule has 3 heterocycles. The first kappa shape index (κ1) is 16.4. The number of rotatable bonds is 4. The van der Waals surface area contributed by atoms with Crippen LogP contribution in [0, 0.1) is 0 Å². The van der Waals surface area contributed by atoms with Gasteiger partial charge in [-0.25, -0.2) is 4.98 Å². The SMILES string of the molecule is O=C(c1ccnc(NC2CC2)c1)N1CCC[C@H]1c1ccc2c(c1)OCCO2. The van der Waals surface area contributed by atoms with E-state index in [4.69, 9.17) is 9.47 Å². The number of ether oxygens (including phenoxy) is 2. The molecule has 1 aromatic carbocycles. The lowest BCUT2D eigenvalue weighted by Crippen LogP contribution is -2.30. The van der Waals surface area contributed by atoms with Gasteiger partial charge in [0.25, 0.3) is 5.91 Å². The number of nitrogens with one attached hydrogen (secondary N) is 1. The van der Waals surface area contributed by atoms with Crippen molar-refractivity contribution in [3.63, 3.8) is 0 Å². The molecule has 1 aliphatic carbocycles. The number of hydrogen-bond donors (Lipinski definition) is 1. The van der Waals surface area contributed by atoms with Crippen molar-refractivity contribution in [1.82, 2.24) is 9.88 Å². The molecule has 0 radical (unpaired) electrons. The van der Waals surface area contributed by atoms with E-state index in [0.717, 1.165) is 42.3 Å². The molecule has 6 heteroatoms. The van der Waals surface area contributed by atoms with Crippen LogP contribution in [0.1, 0.15) is 47.6 Å². The summed E-state index contributed by atoms with van der Waals surface area (Å²) in [5.74, 6) is 2.41. The van der Waals surface area contributed by atoms with Crippen LogP contribution in [0.3, 0.4) is 0 Å². The van der Waals surface area contributed by atoms with Gasteiger partial charge in [0.1, 0.15) is 19.0 Å². The zero-order valence-electron chi connectivity index (χ0n) is 15.2. The average Bonchev–Trinajstić information content (AvgIpc) is 3.39. The van der Waals surface area contributed by atoms with Gasteiger partial charge in [0.2, 0.25) is 0 Å². The summed E-state index contributed by atoms with van der Waals surface area (Å²) in [7, 11) is 0. The molecular weight excluding hydrogens is 342 g/mol. The van der Waals surface area contributed by atoms with Gasteiger partial charge in [-0.1, -0.05) is 6.07 Å². The molecule has 5 rings (SSSR count). The van der Waals surface area contributed by atoms with E-state index in [1.54, 1.807) is 12.3 Å². The Hall–Kier alpha value is -2.76. The maximum absolute atomic E-state index is 13.2. The third-order valence-corrected chi connectivity index (χ3v) is 5.40. The van der Waals surface area contributed by atoms with E-state index in [9.17, 15) is 4.79 Å². The summed E-state index contributed by atoms with van der Waals surface area (Å²) in [5, 5.41) is 3.37. The van der Waals surface area contributed by atoms with Crippen molar-refractivity contribution >= 4 is 11.7 Å². The van der Waals surface area contributed by atoms with Gasteiger partial charge in [0.15, 0.2) is 11.5 Å². The first-order chi connectivity index (χ1) is 13.3. The minimum absolute atomic E-state index is 0.0636. The van der Waals surface area contributed by atoms with E-state index >= 15 is 0 Å². The highest BCUT2D eigenvalue weighted by Gasteiger charge is 2.32. The fourth-order valence-corrected chi connectivity index (χ4v) is 3.87. The maximum Gasteiger partial charge on any atom is 0.254 e. The fraction of sp³-hybridized carbons (Fsp3) is 0.429. The molecule has 1 amide bonds. The van der Waals surface area contributed by atoms with Crippen molar-refractivity contribution in [3.8, 4) is 11.5 Å². The van der Waals surface area contributed by atoms with E-state index in [2.05, 4.69) is 16.4 Å². The highest BCUT2D eigenvalue weighted by Crippen LogP contribution is 2.38. The van der Waals surface area contributed by atoms with E-state index in [1.807, 2.05) is 23.1 Å². The zero-order chi connectivity index (χ0) is 18.2. The predicted octanol–water partition coefficient (Wildman–Crippen LogP) is 3.40. The first-order valence-corrected chi connectivity index (χ1v) is 9.71. The van der Waals surface area contributed by atoms with Crippen molar-refractivity contribution in [3.05, 3.63) is 47.7 Å². The van der Waals surface area contributed by atoms with Crippen LogP contribution in [-0.2, 0) is 0 Å². The summed E-state index contributed by atoms with van der Waals surface area (Å²) in [4.78, 5) is 19.5. The molecule has 0 spiro atoms. The number of pyridine rings is 1. The fourth-order valence-electron chi connectivity index (χ4n) is 3.87. The number of nitrogens with zero attached hydrogens (tertiary/aromatic N) is 2. The molecule has 140 valence electrons. The number of anilines is 1. The number of aromatic nitrogens is 1. The van der Waals surface area contributed by atoms with E-state index in [0.29, 0.717) is 24.8 Å². The molecule has 2 fully saturated rings. The summed E-state index contributed by atoms with van der Waals surface area (Å²) in [6, 6.07) is 10.3. The predicted molar refractivity (Wildman–Crippen MR) is 101 cm³/mol. The van der Waals surface area contributed by atoms with Gasteiger partial charge >= 0.3 is 0 Å². The van der Waals surface area contributed by atoms with E-state index in [-0.39, 0.29) is 11.9 Å². The Morgan fingerprint density at radius 2 is 1.93 bits per heavy atom. The largest absolute Gasteiger partial charge is 0.486 e. The summed E-state index contributed by atoms with van der Waals surface area (Å²) in [5.41, 5.74) is 1.80. The Bertz CT molecular complexity index is 866. The Kier molecular flexibility index (Phi) is 4.11. The van der Waals surface area contributed by atoms with Gasteiger partial charge < -0.3 is 19.7 Å². The molecule has 3 aliphatic rings. The maximum atomic E-state index is 13.2. The molecule has 6 nitrogen and oxygen atoms in total. The van der Waals surface area contributed by atoms with Crippen LogP contribution < -0.4 is 14.8 Å². The van der Waals surface area contributed by atoms with Crippen molar-refractivity contribution in [2.24, 2.45) is 0 Å². The molecule has 1 aromatic heterocycles. The number of likely N-dealkylation sites (tertiary alicyclic amines) is 1. The van der Waals surface area contributed by atoms with Crippen LogP contribution in [0.5, 0.6) is 11.5 Å².